The molecule has 0 aromatic heterocycles. The molecule has 1 amide bonds. The molecule has 0 heterocycles. The van der Waals surface area contributed by atoms with E-state index in [1.54, 1.807) is 0 Å². The zero-order valence-corrected chi connectivity index (χ0v) is 13.4. The van der Waals surface area contributed by atoms with Gasteiger partial charge in [0, 0.05) is 12.5 Å². The van der Waals surface area contributed by atoms with Crippen LogP contribution in [0.15, 0.2) is 0 Å². The summed E-state index contributed by atoms with van der Waals surface area (Å²) in [7, 11) is 0. The van der Waals surface area contributed by atoms with Gasteiger partial charge in [-0.15, -0.1) is 0 Å². The second-order valence-electron chi connectivity index (χ2n) is 6.36. The average Bonchev–Trinajstić information content (AvgIpc) is 2.34. The van der Waals surface area contributed by atoms with Gasteiger partial charge in [0.2, 0.25) is 5.91 Å². The molecular weight excluding hydrogens is 238 g/mol. The third-order valence-corrected chi connectivity index (χ3v) is 3.56. The van der Waals surface area contributed by atoms with Crippen molar-refractivity contribution < 1.29 is 4.79 Å². The van der Waals surface area contributed by atoms with Crippen LogP contribution in [0.25, 0.3) is 0 Å². The number of hydrazine groups is 1. The van der Waals surface area contributed by atoms with Gasteiger partial charge in [-0.05, 0) is 51.1 Å². The maximum absolute atomic E-state index is 11.2. The van der Waals surface area contributed by atoms with Crippen LogP contribution in [0.5, 0.6) is 0 Å². The second kappa shape index (κ2) is 10.2. The highest BCUT2D eigenvalue weighted by molar-refractivity contribution is 5.75. The van der Waals surface area contributed by atoms with Gasteiger partial charge in [0.25, 0.3) is 0 Å². The van der Waals surface area contributed by atoms with Crippen LogP contribution in [0.4, 0.5) is 0 Å². The molecule has 0 saturated carbocycles. The summed E-state index contributed by atoms with van der Waals surface area (Å²) >= 11 is 0. The van der Waals surface area contributed by atoms with Crippen LogP contribution in [0.3, 0.4) is 0 Å². The minimum atomic E-state index is -0.0699. The monoisotopic (exact) mass is 271 g/mol. The molecule has 114 valence electrons. The van der Waals surface area contributed by atoms with E-state index >= 15 is 0 Å². The molecule has 0 fully saturated rings. The molecule has 4 nitrogen and oxygen atoms in total. The lowest BCUT2D eigenvalue weighted by Gasteiger charge is -2.30. The summed E-state index contributed by atoms with van der Waals surface area (Å²) in [6.45, 7) is 13.5. The Morgan fingerprint density at radius 3 is 1.84 bits per heavy atom. The number of nitrogens with one attached hydrogen (secondary N) is 1. The maximum atomic E-state index is 11.2. The minimum absolute atomic E-state index is 0.0699. The fourth-order valence-electron chi connectivity index (χ4n) is 2.00. The first-order valence-corrected chi connectivity index (χ1v) is 7.60. The molecule has 1 unspecified atom stereocenters. The predicted molar refractivity (Wildman–Crippen MR) is 81.5 cm³/mol. The summed E-state index contributed by atoms with van der Waals surface area (Å²) < 4.78 is 0. The molecule has 0 aliphatic heterocycles. The van der Waals surface area contributed by atoms with Crippen molar-refractivity contribution in [2.45, 2.75) is 66.3 Å². The normalized spacial score (nSPS) is 13.3. The Bertz CT molecular complexity index is 230. The van der Waals surface area contributed by atoms with Crippen LogP contribution < -0.4 is 11.3 Å². The Balaban J connectivity index is 4.22. The molecule has 1 atom stereocenters. The van der Waals surface area contributed by atoms with E-state index in [4.69, 9.17) is 5.84 Å². The molecular formula is C15H33N3O. The topological polar surface area (TPSA) is 58.4 Å². The number of carbonyl (C=O) groups is 1. The summed E-state index contributed by atoms with van der Waals surface area (Å²) in [6, 6.07) is 0.440. The smallest absolute Gasteiger partial charge is 0.233 e. The fraction of sp³-hybridized carbons (Fsp3) is 0.933. The quantitative estimate of drug-likeness (QED) is 0.365. The summed E-state index contributed by atoms with van der Waals surface area (Å²) in [6.07, 6.45) is 3.81. The van der Waals surface area contributed by atoms with Crippen molar-refractivity contribution in [3.05, 3.63) is 0 Å². The molecule has 0 aromatic rings. The zero-order chi connectivity index (χ0) is 14.8. The van der Waals surface area contributed by atoms with Crippen LogP contribution in [0.1, 0.15) is 60.3 Å². The highest BCUT2D eigenvalue weighted by Crippen LogP contribution is 2.13. The molecule has 0 aromatic carbocycles. The Morgan fingerprint density at radius 2 is 1.47 bits per heavy atom. The average molecular weight is 271 g/mol. The number of rotatable bonds is 10. The second-order valence-corrected chi connectivity index (χ2v) is 6.36. The summed E-state index contributed by atoms with van der Waals surface area (Å²) in [5, 5.41) is 0. The van der Waals surface area contributed by atoms with Gasteiger partial charge in [-0.2, -0.15) is 0 Å². The van der Waals surface area contributed by atoms with Crippen molar-refractivity contribution in [1.82, 2.24) is 10.3 Å². The van der Waals surface area contributed by atoms with Crippen molar-refractivity contribution in [2.75, 3.05) is 13.1 Å². The molecule has 4 heteroatoms. The van der Waals surface area contributed by atoms with E-state index in [9.17, 15) is 4.79 Å². The number of hydrogen-bond acceptors (Lipinski definition) is 3. The molecule has 0 bridgehead atoms. The van der Waals surface area contributed by atoms with E-state index in [0.717, 1.165) is 31.3 Å². The van der Waals surface area contributed by atoms with Crippen molar-refractivity contribution in [3.8, 4) is 0 Å². The molecule has 19 heavy (non-hydrogen) atoms. The first-order valence-electron chi connectivity index (χ1n) is 7.60. The van der Waals surface area contributed by atoms with E-state index < -0.39 is 0 Å². The number of nitrogens with zero attached hydrogens (tertiary/aromatic N) is 1. The summed E-state index contributed by atoms with van der Waals surface area (Å²) in [5.41, 5.74) is 2.20. The van der Waals surface area contributed by atoms with Crippen LogP contribution in [0, 0.1) is 11.8 Å². The van der Waals surface area contributed by atoms with E-state index in [2.05, 4.69) is 44.9 Å². The molecule has 0 aliphatic carbocycles. The third kappa shape index (κ3) is 9.91. The van der Waals surface area contributed by atoms with Crippen molar-refractivity contribution >= 4 is 5.91 Å². The van der Waals surface area contributed by atoms with Gasteiger partial charge < -0.3 is 4.90 Å². The number of nitrogens with two attached hydrogens (primary N) is 1. The van der Waals surface area contributed by atoms with Gasteiger partial charge in [-0.3, -0.25) is 10.2 Å². The third-order valence-electron chi connectivity index (χ3n) is 3.56. The molecule has 3 N–H and O–H groups in total. The van der Waals surface area contributed by atoms with Gasteiger partial charge in [0.05, 0.1) is 0 Å². The number of hydrogen-bond donors (Lipinski definition) is 2. The van der Waals surface area contributed by atoms with E-state index in [1.807, 2.05) is 0 Å². The van der Waals surface area contributed by atoms with Gasteiger partial charge in [-0.25, -0.2) is 5.84 Å². The Morgan fingerprint density at radius 1 is 1.00 bits per heavy atom. The first kappa shape index (κ1) is 18.4. The van der Waals surface area contributed by atoms with Crippen molar-refractivity contribution in [2.24, 2.45) is 17.7 Å². The Hall–Kier alpha value is -0.610. The maximum Gasteiger partial charge on any atom is 0.233 e. The lowest BCUT2D eigenvalue weighted by atomic mass is 10.1. The Labute approximate surface area is 119 Å². The largest absolute Gasteiger partial charge is 0.301 e. The number of carbonyl (C=O) groups excluding carboxylic acids is 1. The highest BCUT2D eigenvalue weighted by Gasteiger charge is 2.15. The SMILES string of the molecule is CC(C)CCN(CCC(C)C)C(C)CCC(=O)NN. The standard InChI is InChI=1S/C15H33N3O/c1-12(2)8-10-18(11-9-13(3)4)14(5)6-7-15(19)17-16/h12-14H,6-11,16H2,1-5H3,(H,17,19). The van der Waals surface area contributed by atoms with E-state index in [0.29, 0.717) is 12.5 Å². The van der Waals surface area contributed by atoms with Crippen LogP contribution in [-0.4, -0.2) is 29.9 Å². The van der Waals surface area contributed by atoms with Gasteiger partial charge in [-0.1, -0.05) is 27.7 Å². The minimum Gasteiger partial charge on any atom is -0.301 e. The fourth-order valence-corrected chi connectivity index (χ4v) is 2.00. The lowest BCUT2D eigenvalue weighted by Crippen LogP contribution is -2.37. The molecule has 0 aliphatic rings. The number of amides is 1. The lowest BCUT2D eigenvalue weighted by molar-refractivity contribution is -0.121. The summed E-state index contributed by atoms with van der Waals surface area (Å²) in [4.78, 5) is 13.7. The van der Waals surface area contributed by atoms with E-state index in [1.165, 1.54) is 12.8 Å². The highest BCUT2D eigenvalue weighted by atomic mass is 16.2. The van der Waals surface area contributed by atoms with Gasteiger partial charge in [0.1, 0.15) is 0 Å². The molecule has 0 rings (SSSR count). The molecule has 0 saturated heterocycles. The van der Waals surface area contributed by atoms with Gasteiger partial charge >= 0.3 is 0 Å². The predicted octanol–water partition coefficient (Wildman–Crippen LogP) is 2.54. The van der Waals surface area contributed by atoms with Crippen LogP contribution >= 0.6 is 0 Å². The Kier molecular flexibility index (Phi) is 9.88. The van der Waals surface area contributed by atoms with Crippen LogP contribution in [0.2, 0.25) is 0 Å². The van der Waals surface area contributed by atoms with E-state index in [-0.39, 0.29) is 5.91 Å². The van der Waals surface area contributed by atoms with Crippen molar-refractivity contribution in [3.63, 3.8) is 0 Å². The molecule has 0 spiro atoms. The zero-order valence-electron chi connectivity index (χ0n) is 13.4. The first-order chi connectivity index (χ1) is 8.86. The molecule has 0 radical (unpaired) electrons. The van der Waals surface area contributed by atoms with Crippen LogP contribution in [-0.2, 0) is 4.79 Å². The summed E-state index contributed by atoms with van der Waals surface area (Å²) in [5.74, 6) is 6.49. The van der Waals surface area contributed by atoms with Gasteiger partial charge in [0.15, 0.2) is 0 Å². The van der Waals surface area contributed by atoms with Crippen molar-refractivity contribution in [1.29, 1.82) is 0 Å².